The zero-order chi connectivity index (χ0) is 12.6. The Morgan fingerprint density at radius 2 is 1.89 bits per heavy atom. The molecule has 5 heteroatoms. The number of hydrogen-bond donors (Lipinski definition) is 2. The maximum atomic E-state index is 5.39. The molecular formula is C13H18N4O. The summed E-state index contributed by atoms with van der Waals surface area (Å²) in [7, 11) is 0. The predicted molar refractivity (Wildman–Crippen MR) is 69.3 cm³/mol. The van der Waals surface area contributed by atoms with E-state index < -0.39 is 0 Å². The van der Waals surface area contributed by atoms with Crippen molar-refractivity contribution >= 4 is 0 Å². The second-order valence-electron chi connectivity index (χ2n) is 4.01. The third-order valence-corrected chi connectivity index (χ3v) is 2.72. The molecule has 2 aromatic rings. The summed E-state index contributed by atoms with van der Waals surface area (Å²) in [6.45, 7) is 4.95. The summed E-state index contributed by atoms with van der Waals surface area (Å²) in [4.78, 5) is 14.9. The first-order chi connectivity index (χ1) is 8.92. The fourth-order valence-corrected chi connectivity index (χ4v) is 1.90. The minimum Gasteiger partial charge on any atom is -0.377 e. The van der Waals surface area contributed by atoms with Crippen LogP contribution in [0.2, 0.25) is 0 Å². The molecule has 0 unspecified atom stereocenters. The highest BCUT2D eigenvalue weighted by atomic mass is 16.5. The molecule has 0 fully saturated rings. The number of H-pyrrole nitrogens is 2. The monoisotopic (exact) mass is 246 g/mol. The first-order valence-corrected chi connectivity index (χ1v) is 6.09. The molecule has 0 aromatic carbocycles. The van der Waals surface area contributed by atoms with Crippen molar-refractivity contribution in [1.29, 1.82) is 0 Å². The van der Waals surface area contributed by atoms with E-state index in [9.17, 15) is 0 Å². The van der Waals surface area contributed by atoms with Gasteiger partial charge in [0, 0.05) is 31.4 Å². The zero-order valence-corrected chi connectivity index (χ0v) is 10.3. The summed E-state index contributed by atoms with van der Waals surface area (Å²) in [5.41, 5.74) is 0. The van der Waals surface area contributed by atoms with Gasteiger partial charge in [-0.2, -0.15) is 0 Å². The van der Waals surface area contributed by atoms with E-state index in [1.54, 1.807) is 18.5 Å². The minimum absolute atomic E-state index is 0.169. The third kappa shape index (κ3) is 3.30. The summed E-state index contributed by atoms with van der Waals surface area (Å²) in [6.07, 6.45) is 10.9. The molecule has 0 amide bonds. The highest BCUT2D eigenvalue weighted by Gasteiger charge is 2.18. The largest absolute Gasteiger partial charge is 0.377 e. The van der Waals surface area contributed by atoms with E-state index in [4.69, 9.17) is 4.74 Å². The quantitative estimate of drug-likeness (QED) is 0.554. The SMILES string of the molecule is C=CCOCCCC(c1ncc[nH]1)c1ncc[nH]1. The third-order valence-electron chi connectivity index (χ3n) is 2.72. The van der Waals surface area contributed by atoms with Gasteiger partial charge in [0.05, 0.1) is 12.5 Å². The van der Waals surface area contributed by atoms with Crippen molar-refractivity contribution in [3.8, 4) is 0 Å². The fraction of sp³-hybridized carbons (Fsp3) is 0.385. The van der Waals surface area contributed by atoms with E-state index in [0.29, 0.717) is 6.61 Å². The molecular weight excluding hydrogens is 228 g/mol. The van der Waals surface area contributed by atoms with Crippen molar-refractivity contribution in [2.24, 2.45) is 0 Å². The summed E-state index contributed by atoms with van der Waals surface area (Å²) < 4.78 is 5.39. The van der Waals surface area contributed by atoms with Crippen LogP contribution in [0, 0.1) is 0 Å². The molecule has 2 heterocycles. The van der Waals surface area contributed by atoms with Gasteiger partial charge in [-0.15, -0.1) is 6.58 Å². The Morgan fingerprint density at radius 3 is 2.39 bits per heavy atom. The van der Waals surface area contributed by atoms with Crippen molar-refractivity contribution in [1.82, 2.24) is 19.9 Å². The molecule has 96 valence electrons. The van der Waals surface area contributed by atoms with Crippen molar-refractivity contribution in [2.45, 2.75) is 18.8 Å². The molecule has 0 spiro atoms. The molecule has 0 saturated carbocycles. The number of nitrogens with zero attached hydrogens (tertiary/aromatic N) is 2. The van der Waals surface area contributed by atoms with Crippen molar-refractivity contribution in [3.05, 3.63) is 49.1 Å². The van der Waals surface area contributed by atoms with E-state index in [1.807, 2.05) is 12.4 Å². The second-order valence-corrected chi connectivity index (χ2v) is 4.01. The summed E-state index contributed by atoms with van der Waals surface area (Å²) >= 11 is 0. The Bertz CT molecular complexity index is 401. The Hall–Kier alpha value is -1.88. The number of rotatable bonds is 8. The molecule has 0 saturated heterocycles. The number of hydrogen-bond acceptors (Lipinski definition) is 3. The van der Waals surface area contributed by atoms with Gasteiger partial charge in [0.2, 0.25) is 0 Å². The minimum atomic E-state index is 0.169. The van der Waals surface area contributed by atoms with Gasteiger partial charge in [-0.1, -0.05) is 6.08 Å². The van der Waals surface area contributed by atoms with Crippen LogP contribution in [-0.4, -0.2) is 33.1 Å². The molecule has 0 bridgehead atoms. The molecule has 2 N–H and O–H groups in total. The maximum absolute atomic E-state index is 5.39. The topological polar surface area (TPSA) is 66.6 Å². The standard InChI is InChI=1S/C13H18N4O/c1-2-9-18-10-3-4-11(12-14-5-6-15-12)13-16-7-8-17-13/h2,5-8,11H,1,3-4,9-10H2,(H,14,15)(H,16,17). The van der Waals surface area contributed by atoms with E-state index in [2.05, 4.69) is 26.5 Å². The van der Waals surface area contributed by atoms with Crippen LogP contribution in [0.15, 0.2) is 37.4 Å². The lowest BCUT2D eigenvalue weighted by Gasteiger charge is -2.12. The van der Waals surface area contributed by atoms with Gasteiger partial charge < -0.3 is 14.7 Å². The maximum Gasteiger partial charge on any atom is 0.116 e. The van der Waals surface area contributed by atoms with Gasteiger partial charge in [-0.25, -0.2) is 9.97 Å². The highest BCUT2D eigenvalue weighted by molar-refractivity contribution is 5.11. The van der Waals surface area contributed by atoms with Crippen LogP contribution >= 0.6 is 0 Å². The molecule has 5 nitrogen and oxygen atoms in total. The van der Waals surface area contributed by atoms with Crippen LogP contribution in [0.5, 0.6) is 0 Å². The van der Waals surface area contributed by atoms with Crippen LogP contribution in [0.25, 0.3) is 0 Å². The molecule has 0 atom stereocenters. The van der Waals surface area contributed by atoms with E-state index in [1.165, 1.54) is 0 Å². The van der Waals surface area contributed by atoms with Crippen LogP contribution in [-0.2, 0) is 4.74 Å². The van der Waals surface area contributed by atoms with Gasteiger partial charge in [0.25, 0.3) is 0 Å². The van der Waals surface area contributed by atoms with E-state index in [0.717, 1.165) is 31.1 Å². The Balaban J connectivity index is 1.92. The van der Waals surface area contributed by atoms with Crippen LogP contribution < -0.4 is 0 Å². The lowest BCUT2D eigenvalue weighted by molar-refractivity contribution is 0.156. The first kappa shape index (κ1) is 12.6. The Kier molecular flexibility index (Phi) is 4.72. The Morgan fingerprint density at radius 1 is 1.22 bits per heavy atom. The normalized spacial score (nSPS) is 10.9. The summed E-state index contributed by atoms with van der Waals surface area (Å²) in [5.74, 6) is 2.05. The number of aromatic nitrogens is 4. The average Bonchev–Trinajstić information content (AvgIpc) is 3.06. The van der Waals surface area contributed by atoms with Gasteiger partial charge in [0.15, 0.2) is 0 Å². The number of nitrogens with one attached hydrogen (secondary N) is 2. The highest BCUT2D eigenvalue weighted by Crippen LogP contribution is 2.23. The van der Waals surface area contributed by atoms with E-state index in [-0.39, 0.29) is 5.92 Å². The van der Waals surface area contributed by atoms with Gasteiger partial charge in [-0.3, -0.25) is 0 Å². The molecule has 18 heavy (non-hydrogen) atoms. The van der Waals surface area contributed by atoms with Gasteiger partial charge >= 0.3 is 0 Å². The average molecular weight is 246 g/mol. The van der Waals surface area contributed by atoms with Gasteiger partial charge in [-0.05, 0) is 12.8 Å². The van der Waals surface area contributed by atoms with Crippen molar-refractivity contribution < 1.29 is 4.74 Å². The Labute approximate surface area is 106 Å². The lowest BCUT2D eigenvalue weighted by atomic mass is 10.0. The molecule has 2 rings (SSSR count). The van der Waals surface area contributed by atoms with Crippen molar-refractivity contribution in [2.75, 3.05) is 13.2 Å². The van der Waals surface area contributed by atoms with Gasteiger partial charge in [0.1, 0.15) is 11.6 Å². The fourth-order valence-electron chi connectivity index (χ4n) is 1.90. The summed E-state index contributed by atoms with van der Waals surface area (Å²) in [6, 6.07) is 0. The zero-order valence-electron chi connectivity index (χ0n) is 10.3. The number of imidazole rings is 2. The van der Waals surface area contributed by atoms with Crippen LogP contribution in [0.4, 0.5) is 0 Å². The first-order valence-electron chi connectivity index (χ1n) is 6.09. The van der Waals surface area contributed by atoms with E-state index >= 15 is 0 Å². The molecule has 0 aliphatic carbocycles. The van der Waals surface area contributed by atoms with Crippen LogP contribution in [0.1, 0.15) is 30.4 Å². The number of aromatic amines is 2. The number of ether oxygens (including phenoxy) is 1. The smallest absolute Gasteiger partial charge is 0.116 e. The molecule has 0 aliphatic heterocycles. The van der Waals surface area contributed by atoms with Crippen molar-refractivity contribution in [3.63, 3.8) is 0 Å². The molecule has 2 aromatic heterocycles. The molecule has 0 radical (unpaired) electrons. The van der Waals surface area contributed by atoms with Crippen LogP contribution in [0.3, 0.4) is 0 Å². The molecule has 0 aliphatic rings. The summed E-state index contributed by atoms with van der Waals surface area (Å²) in [5, 5.41) is 0. The second kappa shape index (κ2) is 6.76. The lowest BCUT2D eigenvalue weighted by Crippen LogP contribution is -2.07. The predicted octanol–water partition coefficient (Wildman–Crippen LogP) is 2.25.